The Morgan fingerprint density at radius 1 is 1.06 bits per heavy atom. The van der Waals surface area contributed by atoms with E-state index in [0.717, 1.165) is 17.0 Å². The van der Waals surface area contributed by atoms with Crippen LogP contribution >= 0.6 is 23.2 Å². The van der Waals surface area contributed by atoms with Gasteiger partial charge in [-0.25, -0.2) is 4.79 Å². The molecule has 1 heterocycles. The summed E-state index contributed by atoms with van der Waals surface area (Å²) in [5.74, 6) is -2.90. The molecule has 3 rings (SSSR count). The number of rotatable bonds is 9. The summed E-state index contributed by atoms with van der Waals surface area (Å²) in [6.07, 6.45) is 1.35. The normalized spacial score (nSPS) is 13.6. The lowest BCUT2D eigenvalue weighted by Crippen LogP contribution is -2.46. The maximum Gasteiger partial charge on any atom is 0.329 e. The Labute approximate surface area is 198 Å². The minimum Gasteiger partial charge on any atom is -0.456 e. The number of esters is 1. The lowest BCUT2D eigenvalue weighted by Gasteiger charge is -2.24. The summed E-state index contributed by atoms with van der Waals surface area (Å²) in [6.45, 7) is 1.22. The van der Waals surface area contributed by atoms with Crippen molar-refractivity contribution in [3.8, 4) is 0 Å². The van der Waals surface area contributed by atoms with Crippen LogP contribution in [0.4, 0.5) is 5.69 Å². The monoisotopic (exact) mass is 492 g/mol. The maximum absolute atomic E-state index is 12.9. The molecule has 2 aromatic rings. The number of hydrogen-bond donors (Lipinski definition) is 0. The predicted molar refractivity (Wildman–Crippen MR) is 119 cm³/mol. The van der Waals surface area contributed by atoms with Crippen molar-refractivity contribution in [2.45, 2.75) is 32.2 Å². The lowest BCUT2D eigenvalue weighted by atomic mass is 10.1. The first-order valence-electron chi connectivity index (χ1n) is 9.97. The SMILES string of the molecule is CCCC[C@@H](C(=O)OCC(=O)c1ccc([N+](=O)[O-])cc1)N1C(=O)c2cc(Cl)c(Cl)cc2C1=O. The molecule has 0 radical (unpaired) electrons. The predicted octanol–water partition coefficient (Wildman–Crippen LogP) is 4.48. The minimum atomic E-state index is -1.24. The highest BCUT2D eigenvalue weighted by molar-refractivity contribution is 6.43. The molecule has 2 aromatic carbocycles. The number of nitro groups is 1. The Morgan fingerprint density at radius 3 is 2.09 bits per heavy atom. The number of imide groups is 1. The van der Waals surface area contributed by atoms with E-state index in [4.69, 9.17) is 27.9 Å². The van der Waals surface area contributed by atoms with Gasteiger partial charge in [-0.3, -0.25) is 29.4 Å². The molecule has 0 unspecified atom stereocenters. The van der Waals surface area contributed by atoms with Gasteiger partial charge in [-0.2, -0.15) is 0 Å². The second-order valence-electron chi connectivity index (χ2n) is 7.29. The summed E-state index contributed by atoms with van der Waals surface area (Å²) in [4.78, 5) is 61.9. The molecule has 11 heteroatoms. The van der Waals surface area contributed by atoms with E-state index in [2.05, 4.69) is 0 Å². The van der Waals surface area contributed by atoms with Crippen molar-refractivity contribution >= 4 is 52.5 Å². The van der Waals surface area contributed by atoms with Gasteiger partial charge in [0.2, 0.25) is 0 Å². The average molecular weight is 493 g/mol. The number of benzene rings is 2. The fourth-order valence-corrected chi connectivity index (χ4v) is 3.70. The third kappa shape index (κ3) is 5.04. The third-order valence-corrected chi connectivity index (χ3v) is 5.84. The number of non-ortho nitro benzene ring substituents is 1. The number of fused-ring (bicyclic) bond motifs is 1. The van der Waals surface area contributed by atoms with Crippen LogP contribution in [0.2, 0.25) is 10.0 Å². The topological polar surface area (TPSA) is 124 Å². The number of amides is 2. The summed E-state index contributed by atoms with van der Waals surface area (Å²) in [5, 5.41) is 10.9. The van der Waals surface area contributed by atoms with Gasteiger partial charge in [0, 0.05) is 17.7 Å². The van der Waals surface area contributed by atoms with E-state index in [0.29, 0.717) is 12.8 Å². The van der Waals surface area contributed by atoms with Crippen LogP contribution in [0.5, 0.6) is 0 Å². The van der Waals surface area contributed by atoms with Crippen molar-refractivity contribution in [2.75, 3.05) is 6.61 Å². The van der Waals surface area contributed by atoms with Gasteiger partial charge in [0.25, 0.3) is 17.5 Å². The van der Waals surface area contributed by atoms with Gasteiger partial charge in [-0.15, -0.1) is 0 Å². The Hall–Kier alpha value is -3.30. The van der Waals surface area contributed by atoms with Gasteiger partial charge in [0.15, 0.2) is 12.4 Å². The van der Waals surface area contributed by atoms with E-state index in [9.17, 15) is 29.3 Å². The third-order valence-electron chi connectivity index (χ3n) is 5.12. The summed E-state index contributed by atoms with van der Waals surface area (Å²) in [7, 11) is 0. The fraction of sp³-hybridized carbons (Fsp3) is 0.273. The zero-order chi connectivity index (χ0) is 24.3. The molecule has 2 amide bonds. The summed E-state index contributed by atoms with van der Waals surface area (Å²) >= 11 is 11.9. The highest BCUT2D eigenvalue weighted by atomic mass is 35.5. The number of ether oxygens (including phenoxy) is 1. The Kier molecular flexibility index (Phi) is 7.45. The van der Waals surface area contributed by atoms with E-state index in [-0.39, 0.29) is 38.8 Å². The smallest absolute Gasteiger partial charge is 0.329 e. The van der Waals surface area contributed by atoms with Crippen molar-refractivity contribution in [2.24, 2.45) is 0 Å². The standard InChI is InChI=1S/C22H18Cl2N2O7/c1-2-3-4-18(25-20(28)14-9-16(23)17(24)10-15(14)21(25)29)22(30)33-11-19(27)12-5-7-13(8-6-12)26(31)32/h5-10,18H,2-4,11H2,1H3/t18-/m0/s1. The molecule has 33 heavy (non-hydrogen) atoms. The molecule has 1 atom stereocenters. The molecule has 0 saturated carbocycles. The van der Waals surface area contributed by atoms with Crippen LogP contribution in [0, 0.1) is 10.1 Å². The molecule has 0 bridgehead atoms. The Bertz CT molecular complexity index is 1110. The molecule has 0 spiro atoms. The minimum absolute atomic E-state index is 0.0330. The Balaban J connectivity index is 1.76. The van der Waals surface area contributed by atoms with E-state index >= 15 is 0 Å². The van der Waals surface area contributed by atoms with Gasteiger partial charge in [-0.1, -0.05) is 43.0 Å². The van der Waals surface area contributed by atoms with Crippen LogP contribution in [0.1, 0.15) is 57.3 Å². The number of nitro benzene ring substituents is 1. The van der Waals surface area contributed by atoms with Gasteiger partial charge in [0.1, 0.15) is 6.04 Å². The number of carbonyl (C=O) groups excluding carboxylic acids is 4. The van der Waals surface area contributed by atoms with Crippen LogP contribution in [0.3, 0.4) is 0 Å². The van der Waals surface area contributed by atoms with Crippen molar-refractivity contribution in [1.29, 1.82) is 0 Å². The number of carbonyl (C=O) groups is 4. The second-order valence-corrected chi connectivity index (χ2v) is 8.10. The summed E-state index contributed by atoms with van der Waals surface area (Å²) in [6, 6.07) is 6.14. The van der Waals surface area contributed by atoms with Gasteiger partial charge >= 0.3 is 5.97 Å². The van der Waals surface area contributed by atoms with E-state index < -0.39 is 41.1 Å². The molecule has 0 aliphatic carbocycles. The summed E-state index contributed by atoms with van der Waals surface area (Å²) in [5.41, 5.74) is -0.00571. The van der Waals surface area contributed by atoms with Gasteiger partial charge < -0.3 is 4.74 Å². The average Bonchev–Trinajstić information content (AvgIpc) is 3.02. The number of nitrogens with zero attached hydrogens (tertiary/aromatic N) is 2. The van der Waals surface area contributed by atoms with Gasteiger partial charge in [-0.05, 0) is 30.7 Å². The van der Waals surface area contributed by atoms with Crippen LogP contribution in [-0.4, -0.2) is 46.0 Å². The molecular formula is C22H18Cl2N2O7. The van der Waals surface area contributed by atoms with Crippen LogP contribution in [0.15, 0.2) is 36.4 Å². The van der Waals surface area contributed by atoms with Crippen molar-refractivity contribution in [3.63, 3.8) is 0 Å². The molecular weight excluding hydrogens is 475 g/mol. The number of unbranched alkanes of at least 4 members (excludes halogenated alkanes) is 1. The number of halogens is 2. The zero-order valence-corrected chi connectivity index (χ0v) is 18.9. The van der Waals surface area contributed by atoms with E-state index in [1.807, 2.05) is 6.92 Å². The number of hydrogen-bond acceptors (Lipinski definition) is 7. The fourth-order valence-electron chi connectivity index (χ4n) is 3.37. The van der Waals surface area contributed by atoms with Crippen molar-refractivity contribution in [3.05, 3.63) is 73.2 Å². The highest BCUT2D eigenvalue weighted by Gasteiger charge is 2.43. The Morgan fingerprint density at radius 2 is 1.61 bits per heavy atom. The maximum atomic E-state index is 12.9. The number of ketones is 1. The molecule has 172 valence electrons. The molecule has 1 aliphatic rings. The first-order valence-corrected chi connectivity index (χ1v) is 10.7. The van der Waals surface area contributed by atoms with E-state index in [1.54, 1.807) is 0 Å². The molecule has 0 aromatic heterocycles. The largest absolute Gasteiger partial charge is 0.456 e. The second kappa shape index (κ2) is 10.1. The molecule has 0 saturated heterocycles. The first-order chi connectivity index (χ1) is 15.6. The summed E-state index contributed by atoms with van der Waals surface area (Å²) < 4.78 is 5.13. The van der Waals surface area contributed by atoms with Crippen molar-refractivity contribution < 1.29 is 28.8 Å². The van der Waals surface area contributed by atoms with Crippen molar-refractivity contribution in [1.82, 2.24) is 4.90 Å². The van der Waals surface area contributed by atoms with Crippen LogP contribution < -0.4 is 0 Å². The van der Waals surface area contributed by atoms with E-state index in [1.165, 1.54) is 24.3 Å². The van der Waals surface area contributed by atoms with Crippen LogP contribution in [-0.2, 0) is 9.53 Å². The molecule has 0 N–H and O–H groups in total. The molecule has 9 nitrogen and oxygen atoms in total. The highest BCUT2D eigenvalue weighted by Crippen LogP contribution is 2.33. The van der Waals surface area contributed by atoms with Gasteiger partial charge in [0.05, 0.1) is 26.1 Å². The lowest BCUT2D eigenvalue weighted by molar-refractivity contribution is -0.384. The quantitative estimate of drug-likeness (QED) is 0.166. The molecule has 1 aliphatic heterocycles. The molecule has 0 fully saturated rings. The zero-order valence-electron chi connectivity index (χ0n) is 17.4. The number of Topliss-reactive ketones (excluding diaryl/α,β-unsaturated/α-hetero) is 1. The first kappa shape index (κ1) is 24.3. The van der Waals surface area contributed by atoms with Crippen LogP contribution in [0.25, 0.3) is 0 Å².